The van der Waals surface area contributed by atoms with Gasteiger partial charge in [0.05, 0.1) is 0 Å². The molecule has 0 spiro atoms. The van der Waals surface area contributed by atoms with Crippen LogP contribution in [0.4, 0.5) is 0 Å². The van der Waals surface area contributed by atoms with Crippen molar-refractivity contribution in [1.82, 2.24) is 9.97 Å². The Kier molecular flexibility index (Phi) is 3.93. The Morgan fingerprint density at radius 1 is 1.21 bits per heavy atom. The maximum atomic E-state index is 4.33. The molecule has 14 heavy (non-hydrogen) atoms. The highest BCUT2D eigenvalue weighted by atomic mass is 32.2. The minimum atomic E-state index is 0.147. The average molecular weight is 210 g/mol. The van der Waals surface area contributed by atoms with Crippen LogP contribution in [0.15, 0.2) is 17.6 Å². The number of nitrogens with zero attached hydrogens (tertiary/aromatic N) is 2. The van der Waals surface area contributed by atoms with Gasteiger partial charge in [0.25, 0.3) is 0 Å². The molecule has 78 valence electrons. The van der Waals surface area contributed by atoms with Gasteiger partial charge in [-0.25, -0.2) is 9.97 Å². The molecule has 1 aromatic heterocycles. The van der Waals surface area contributed by atoms with Gasteiger partial charge in [0.15, 0.2) is 5.16 Å². The molecule has 0 fully saturated rings. The topological polar surface area (TPSA) is 25.8 Å². The molecule has 0 saturated carbocycles. The predicted octanol–water partition coefficient (Wildman–Crippen LogP) is 3.28. The first-order chi connectivity index (χ1) is 6.54. The van der Waals surface area contributed by atoms with Crippen LogP contribution in [0.1, 0.15) is 39.7 Å². The van der Waals surface area contributed by atoms with E-state index in [1.165, 1.54) is 5.56 Å². The third-order valence-electron chi connectivity index (χ3n) is 1.93. The number of hydrogen-bond donors (Lipinski definition) is 0. The second-order valence-corrected chi connectivity index (χ2v) is 5.41. The van der Waals surface area contributed by atoms with Crippen LogP contribution >= 0.6 is 11.8 Å². The van der Waals surface area contributed by atoms with Gasteiger partial charge in [-0.2, -0.15) is 0 Å². The molecule has 0 bridgehead atoms. The van der Waals surface area contributed by atoms with Gasteiger partial charge in [0, 0.05) is 18.1 Å². The normalized spacial score (nSPS) is 11.7. The Morgan fingerprint density at radius 2 is 1.79 bits per heavy atom. The molecule has 0 aromatic carbocycles. The van der Waals surface area contributed by atoms with Gasteiger partial charge in [-0.3, -0.25) is 0 Å². The monoisotopic (exact) mass is 210 g/mol. The Labute approximate surface area is 90.5 Å². The minimum absolute atomic E-state index is 0.147. The van der Waals surface area contributed by atoms with Gasteiger partial charge in [0.1, 0.15) is 0 Å². The lowest BCUT2D eigenvalue weighted by molar-refractivity contribution is 0.580. The SMILES string of the molecule is CCCSc1ncc(C(C)(C)C)cn1. The number of rotatable bonds is 3. The standard InChI is InChI=1S/C11H18N2S/c1-5-6-14-10-12-7-9(8-13-10)11(2,3)4/h7-8H,5-6H2,1-4H3. The van der Waals surface area contributed by atoms with Crippen LogP contribution in [0.25, 0.3) is 0 Å². The molecule has 0 N–H and O–H groups in total. The van der Waals surface area contributed by atoms with E-state index in [-0.39, 0.29) is 5.41 Å². The lowest BCUT2D eigenvalue weighted by Crippen LogP contribution is -2.12. The smallest absolute Gasteiger partial charge is 0.187 e. The summed E-state index contributed by atoms with van der Waals surface area (Å²) in [5, 5.41) is 0.889. The van der Waals surface area contributed by atoms with E-state index in [1.807, 2.05) is 12.4 Å². The van der Waals surface area contributed by atoms with E-state index in [4.69, 9.17) is 0 Å². The Morgan fingerprint density at radius 3 is 2.21 bits per heavy atom. The zero-order valence-corrected chi connectivity index (χ0v) is 10.2. The Hall–Kier alpha value is -0.570. The van der Waals surface area contributed by atoms with Crippen molar-refractivity contribution in [3.05, 3.63) is 18.0 Å². The van der Waals surface area contributed by atoms with Crippen molar-refractivity contribution in [3.63, 3.8) is 0 Å². The van der Waals surface area contributed by atoms with Gasteiger partial charge >= 0.3 is 0 Å². The third-order valence-corrected chi connectivity index (χ3v) is 3.01. The molecular weight excluding hydrogens is 192 g/mol. The van der Waals surface area contributed by atoms with Crippen LogP contribution in [0.2, 0.25) is 0 Å². The van der Waals surface area contributed by atoms with Crippen molar-refractivity contribution < 1.29 is 0 Å². The molecule has 0 amide bonds. The second kappa shape index (κ2) is 4.78. The van der Waals surface area contributed by atoms with Gasteiger partial charge in [-0.1, -0.05) is 39.5 Å². The summed E-state index contributed by atoms with van der Waals surface area (Å²) >= 11 is 1.72. The largest absolute Gasteiger partial charge is 0.231 e. The van der Waals surface area contributed by atoms with Gasteiger partial charge in [0.2, 0.25) is 0 Å². The van der Waals surface area contributed by atoms with E-state index in [1.54, 1.807) is 11.8 Å². The van der Waals surface area contributed by atoms with Crippen LogP contribution in [-0.4, -0.2) is 15.7 Å². The number of thioether (sulfide) groups is 1. The molecule has 0 aliphatic carbocycles. The zero-order valence-electron chi connectivity index (χ0n) is 9.37. The fourth-order valence-corrected chi connectivity index (χ4v) is 1.61. The summed E-state index contributed by atoms with van der Waals surface area (Å²) in [6, 6.07) is 0. The highest BCUT2D eigenvalue weighted by molar-refractivity contribution is 7.99. The van der Waals surface area contributed by atoms with Gasteiger partial charge < -0.3 is 0 Å². The van der Waals surface area contributed by atoms with Crippen molar-refractivity contribution in [1.29, 1.82) is 0 Å². The molecule has 1 aromatic rings. The number of hydrogen-bond acceptors (Lipinski definition) is 3. The van der Waals surface area contributed by atoms with E-state index >= 15 is 0 Å². The predicted molar refractivity (Wildman–Crippen MR) is 61.7 cm³/mol. The lowest BCUT2D eigenvalue weighted by Gasteiger charge is -2.17. The molecular formula is C11H18N2S. The minimum Gasteiger partial charge on any atom is -0.231 e. The summed E-state index contributed by atoms with van der Waals surface area (Å²) in [7, 11) is 0. The molecule has 0 radical (unpaired) electrons. The van der Waals surface area contributed by atoms with Crippen molar-refractivity contribution in [2.24, 2.45) is 0 Å². The van der Waals surface area contributed by atoms with E-state index in [0.717, 1.165) is 17.3 Å². The Bertz CT molecular complexity index is 274. The summed E-state index contributed by atoms with van der Waals surface area (Å²) in [6.45, 7) is 8.68. The molecule has 1 rings (SSSR count). The van der Waals surface area contributed by atoms with Crippen LogP contribution in [0, 0.1) is 0 Å². The highest BCUT2D eigenvalue weighted by Gasteiger charge is 2.14. The van der Waals surface area contributed by atoms with Gasteiger partial charge in [-0.05, 0) is 17.4 Å². The number of aromatic nitrogens is 2. The van der Waals surface area contributed by atoms with Crippen molar-refractivity contribution in [3.8, 4) is 0 Å². The summed E-state index contributed by atoms with van der Waals surface area (Å²) in [6.07, 6.45) is 5.03. The molecule has 2 nitrogen and oxygen atoms in total. The average Bonchev–Trinajstić information content (AvgIpc) is 2.14. The fraction of sp³-hybridized carbons (Fsp3) is 0.636. The van der Waals surface area contributed by atoms with Crippen molar-refractivity contribution in [2.75, 3.05) is 5.75 Å². The van der Waals surface area contributed by atoms with Crippen LogP contribution in [0.5, 0.6) is 0 Å². The maximum Gasteiger partial charge on any atom is 0.187 e. The maximum absolute atomic E-state index is 4.33. The molecule has 3 heteroatoms. The van der Waals surface area contributed by atoms with Crippen LogP contribution < -0.4 is 0 Å². The van der Waals surface area contributed by atoms with E-state index < -0.39 is 0 Å². The lowest BCUT2D eigenvalue weighted by atomic mass is 9.89. The van der Waals surface area contributed by atoms with Crippen molar-refractivity contribution in [2.45, 2.75) is 44.7 Å². The van der Waals surface area contributed by atoms with E-state index in [9.17, 15) is 0 Å². The summed E-state index contributed by atoms with van der Waals surface area (Å²) in [5.41, 5.74) is 1.34. The first-order valence-corrected chi connectivity index (χ1v) is 5.98. The molecule has 0 aliphatic heterocycles. The quantitative estimate of drug-likeness (QED) is 0.565. The summed E-state index contributed by atoms with van der Waals surface area (Å²) in [4.78, 5) is 8.67. The molecule has 0 aliphatic rings. The molecule has 0 saturated heterocycles. The highest BCUT2D eigenvalue weighted by Crippen LogP contribution is 2.21. The van der Waals surface area contributed by atoms with E-state index in [0.29, 0.717) is 0 Å². The van der Waals surface area contributed by atoms with Gasteiger partial charge in [-0.15, -0.1) is 0 Å². The zero-order chi connectivity index (χ0) is 10.6. The second-order valence-electron chi connectivity index (χ2n) is 4.35. The van der Waals surface area contributed by atoms with Crippen LogP contribution in [0.3, 0.4) is 0 Å². The summed E-state index contributed by atoms with van der Waals surface area (Å²) in [5.74, 6) is 1.09. The Balaban J connectivity index is 2.69. The third kappa shape index (κ3) is 3.29. The molecule has 0 atom stereocenters. The first-order valence-electron chi connectivity index (χ1n) is 4.99. The van der Waals surface area contributed by atoms with Crippen molar-refractivity contribution >= 4 is 11.8 Å². The summed E-state index contributed by atoms with van der Waals surface area (Å²) < 4.78 is 0. The van der Waals surface area contributed by atoms with E-state index in [2.05, 4.69) is 37.7 Å². The fourth-order valence-electron chi connectivity index (χ4n) is 0.971. The first kappa shape index (κ1) is 11.5. The molecule has 0 unspecified atom stereocenters. The molecule has 1 heterocycles. The van der Waals surface area contributed by atoms with Crippen LogP contribution in [-0.2, 0) is 5.41 Å².